The maximum atomic E-state index is 10.3. The van der Waals surface area contributed by atoms with Crippen molar-refractivity contribution in [2.45, 2.75) is 26.2 Å². The smallest absolute Gasteiger partial charge is 0.221 e. The van der Waals surface area contributed by atoms with Gasteiger partial charge in [0.25, 0.3) is 0 Å². The lowest BCUT2D eigenvalue weighted by atomic mass is 10.1. The number of nitrogens with zero attached hydrogens (tertiary/aromatic N) is 4. The highest BCUT2D eigenvalue weighted by Gasteiger charge is 2.20. The summed E-state index contributed by atoms with van der Waals surface area (Å²) >= 11 is 0. The number of nitrogen functional groups attached to an aromatic ring is 2. The highest BCUT2D eigenvalue weighted by Crippen LogP contribution is 2.32. The minimum atomic E-state index is 0.0671. The molecule has 5 N–H and O–H groups in total. The normalized spacial score (nSPS) is 11.3. The summed E-state index contributed by atoms with van der Waals surface area (Å²) in [6, 6.07) is 5.28. The molecule has 0 aliphatic carbocycles. The quantitative estimate of drug-likeness (QED) is 0.620. The second-order valence-corrected chi connectivity index (χ2v) is 5.86. The van der Waals surface area contributed by atoms with Crippen LogP contribution in [0.3, 0.4) is 0 Å². The van der Waals surface area contributed by atoms with Crippen molar-refractivity contribution in [3.8, 4) is 11.5 Å². The van der Waals surface area contributed by atoms with Crippen LogP contribution in [-0.2, 0) is 6.42 Å². The number of para-hydroxylation sites is 1. The fourth-order valence-electron chi connectivity index (χ4n) is 2.72. The van der Waals surface area contributed by atoms with E-state index in [2.05, 4.69) is 15.1 Å². The maximum Gasteiger partial charge on any atom is 0.221 e. The summed E-state index contributed by atoms with van der Waals surface area (Å²) in [4.78, 5) is 9.87. The van der Waals surface area contributed by atoms with Gasteiger partial charge in [0, 0.05) is 12.0 Å². The Labute approximate surface area is 139 Å². The standard InChI is InChI=1S/C16H20N6O2/c1-8(2)12-13-14(22(18)21-12)10(19-16(17)20-13)7-9-5-4-6-11(24-3)15(9)23/h4-6,8,23H,7,18H2,1-3H3,(H2,17,19,20). The van der Waals surface area contributed by atoms with Crippen molar-refractivity contribution in [2.24, 2.45) is 0 Å². The molecule has 0 bridgehead atoms. The molecule has 0 atom stereocenters. The third-order valence-corrected chi connectivity index (χ3v) is 3.87. The van der Waals surface area contributed by atoms with Crippen molar-refractivity contribution in [1.82, 2.24) is 19.9 Å². The monoisotopic (exact) mass is 328 g/mol. The summed E-state index contributed by atoms with van der Waals surface area (Å²) in [5.74, 6) is 6.77. The topological polar surface area (TPSA) is 125 Å². The Kier molecular flexibility index (Phi) is 3.88. The molecule has 0 spiro atoms. The second-order valence-electron chi connectivity index (χ2n) is 5.86. The first-order valence-electron chi connectivity index (χ1n) is 7.57. The molecule has 8 heteroatoms. The minimum absolute atomic E-state index is 0.0671. The number of phenolic OH excluding ortho intramolecular Hbond substituents is 1. The number of fused-ring (bicyclic) bond motifs is 1. The van der Waals surface area contributed by atoms with Crippen molar-refractivity contribution in [3.05, 3.63) is 35.2 Å². The first kappa shape index (κ1) is 15.9. The Hall–Kier alpha value is -3.03. The van der Waals surface area contributed by atoms with Gasteiger partial charge in [0.1, 0.15) is 11.0 Å². The Morgan fingerprint density at radius 1 is 1.29 bits per heavy atom. The Morgan fingerprint density at radius 2 is 2.04 bits per heavy atom. The van der Waals surface area contributed by atoms with Gasteiger partial charge in [-0.15, -0.1) is 0 Å². The van der Waals surface area contributed by atoms with Gasteiger partial charge in [0.2, 0.25) is 5.95 Å². The van der Waals surface area contributed by atoms with Crippen LogP contribution in [0.4, 0.5) is 5.95 Å². The van der Waals surface area contributed by atoms with Crippen LogP contribution in [0.5, 0.6) is 11.5 Å². The van der Waals surface area contributed by atoms with E-state index in [-0.39, 0.29) is 17.6 Å². The fraction of sp³-hybridized carbons (Fsp3) is 0.312. The molecule has 3 rings (SSSR count). The van der Waals surface area contributed by atoms with Crippen LogP contribution in [0.2, 0.25) is 0 Å². The number of aromatic hydroxyl groups is 1. The summed E-state index contributed by atoms with van der Waals surface area (Å²) in [7, 11) is 1.50. The van der Waals surface area contributed by atoms with E-state index in [9.17, 15) is 5.11 Å². The van der Waals surface area contributed by atoms with Gasteiger partial charge in [-0.05, 0) is 12.0 Å². The molecule has 3 aromatic rings. The van der Waals surface area contributed by atoms with Crippen molar-refractivity contribution >= 4 is 17.0 Å². The highest BCUT2D eigenvalue weighted by atomic mass is 16.5. The van der Waals surface area contributed by atoms with E-state index >= 15 is 0 Å². The molecule has 1 aromatic carbocycles. The molecular formula is C16H20N6O2. The van der Waals surface area contributed by atoms with Crippen molar-refractivity contribution in [1.29, 1.82) is 0 Å². The molecule has 126 valence electrons. The number of aromatic nitrogens is 4. The summed E-state index contributed by atoms with van der Waals surface area (Å²) in [5, 5.41) is 14.6. The molecular weight excluding hydrogens is 308 g/mol. The van der Waals surface area contributed by atoms with Crippen molar-refractivity contribution < 1.29 is 9.84 Å². The third-order valence-electron chi connectivity index (χ3n) is 3.87. The summed E-state index contributed by atoms with van der Waals surface area (Å²) in [6.07, 6.45) is 0.326. The zero-order valence-corrected chi connectivity index (χ0v) is 13.8. The van der Waals surface area contributed by atoms with E-state index in [1.807, 2.05) is 13.8 Å². The van der Waals surface area contributed by atoms with Crippen LogP contribution < -0.4 is 16.3 Å². The second kappa shape index (κ2) is 5.88. The lowest BCUT2D eigenvalue weighted by molar-refractivity contribution is 0.371. The van der Waals surface area contributed by atoms with Crippen LogP contribution in [0.15, 0.2) is 18.2 Å². The molecule has 8 nitrogen and oxygen atoms in total. The summed E-state index contributed by atoms with van der Waals surface area (Å²) in [6.45, 7) is 4.02. The number of hydrogen-bond acceptors (Lipinski definition) is 7. The zero-order valence-electron chi connectivity index (χ0n) is 13.8. The molecule has 0 aliphatic rings. The number of nitrogens with two attached hydrogens (primary N) is 2. The average molecular weight is 328 g/mol. The summed E-state index contributed by atoms with van der Waals surface area (Å²) < 4.78 is 5.14. The highest BCUT2D eigenvalue weighted by molar-refractivity contribution is 5.82. The van der Waals surface area contributed by atoms with Gasteiger partial charge in [-0.3, -0.25) is 0 Å². The molecule has 0 aliphatic heterocycles. The molecule has 2 aromatic heterocycles. The number of rotatable bonds is 4. The molecule has 0 amide bonds. The Morgan fingerprint density at radius 3 is 2.71 bits per heavy atom. The number of hydrogen-bond donors (Lipinski definition) is 3. The van der Waals surface area contributed by atoms with Gasteiger partial charge < -0.3 is 21.4 Å². The predicted molar refractivity (Wildman–Crippen MR) is 91.4 cm³/mol. The lowest BCUT2D eigenvalue weighted by Crippen LogP contribution is -2.13. The zero-order chi connectivity index (χ0) is 17.4. The minimum Gasteiger partial charge on any atom is -0.504 e. The lowest BCUT2D eigenvalue weighted by Gasteiger charge is -2.10. The van der Waals surface area contributed by atoms with E-state index < -0.39 is 0 Å². The third kappa shape index (κ3) is 2.55. The van der Waals surface area contributed by atoms with Crippen LogP contribution >= 0.6 is 0 Å². The van der Waals surface area contributed by atoms with Gasteiger partial charge in [-0.25, -0.2) is 9.97 Å². The van der Waals surface area contributed by atoms with Crippen LogP contribution in [-0.4, -0.2) is 32.1 Å². The van der Waals surface area contributed by atoms with E-state index in [4.69, 9.17) is 16.3 Å². The van der Waals surface area contributed by atoms with E-state index in [1.165, 1.54) is 11.9 Å². The van der Waals surface area contributed by atoms with Gasteiger partial charge >= 0.3 is 0 Å². The van der Waals surface area contributed by atoms with Crippen molar-refractivity contribution in [2.75, 3.05) is 18.7 Å². The van der Waals surface area contributed by atoms with E-state index in [0.29, 0.717) is 34.5 Å². The molecule has 24 heavy (non-hydrogen) atoms. The number of ether oxygens (including phenoxy) is 1. The van der Waals surface area contributed by atoms with Crippen LogP contribution in [0.1, 0.15) is 36.7 Å². The largest absolute Gasteiger partial charge is 0.504 e. The van der Waals surface area contributed by atoms with Crippen LogP contribution in [0, 0.1) is 0 Å². The number of benzene rings is 1. The van der Waals surface area contributed by atoms with E-state index in [0.717, 1.165) is 5.69 Å². The number of phenols is 1. The average Bonchev–Trinajstić information content (AvgIpc) is 2.86. The van der Waals surface area contributed by atoms with Gasteiger partial charge in [-0.2, -0.15) is 9.89 Å². The SMILES string of the molecule is COc1cccc(Cc2nc(N)nc3c(C(C)C)nn(N)c23)c1O. The Bertz CT molecular complexity index is 903. The molecule has 0 fully saturated rings. The van der Waals surface area contributed by atoms with Gasteiger partial charge in [-0.1, -0.05) is 26.0 Å². The number of anilines is 1. The molecule has 2 heterocycles. The number of methoxy groups -OCH3 is 1. The molecule has 0 saturated carbocycles. The van der Waals surface area contributed by atoms with Gasteiger partial charge in [0.15, 0.2) is 11.5 Å². The first-order valence-corrected chi connectivity index (χ1v) is 7.57. The van der Waals surface area contributed by atoms with Crippen LogP contribution in [0.25, 0.3) is 11.0 Å². The summed E-state index contributed by atoms with van der Waals surface area (Å²) in [5.41, 5.74) is 9.12. The van der Waals surface area contributed by atoms with E-state index in [1.54, 1.807) is 18.2 Å². The molecule has 0 radical (unpaired) electrons. The molecule has 0 saturated heterocycles. The predicted octanol–water partition coefficient (Wildman–Crippen LogP) is 1.55. The maximum absolute atomic E-state index is 10.3. The fourth-order valence-corrected chi connectivity index (χ4v) is 2.72. The van der Waals surface area contributed by atoms with Crippen molar-refractivity contribution in [3.63, 3.8) is 0 Å². The first-order chi connectivity index (χ1) is 11.4. The van der Waals surface area contributed by atoms with Gasteiger partial charge in [0.05, 0.1) is 18.5 Å². The Balaban J connectivity index is 2.17. The molecule has 0 unspecified atom stereocenters.